The van der Waals surface area contributed by atoms with Crippen LogP contribution < -0.4 is 27.4 Å². The summed E-state index contributed by atoms with van der Waals surface area (Å²) in [5.41, 5.74) is 13.0. The van der Waals surface area contributed by atoms with Crippen LogP contribution in [0.25, 0.3) is 0 Å². The molecule has 9 nitrogen and oxygen atoms in total. The maximum absolute atomic E-state index is 13.9. The lowest BCUT2D eigenvalue weighted by atomic mass is 9.72. The minimum Gasteiger partial charge on any atom is -0.350 e. The number of halogens is 1. The van der Waals surface area contributed by atoms with Gasteiger partial charge >= 0.3 is 0 Å². The number of carbonyl (C=O) groups is 1. The van der Waals surface area contributed by atoms with Crippen molar-refractivity contribution >= 4 is 17.5 Å². The first-order valence-corrected chi connectivity index (χ1v) is 15.3. The highest BCUT2D eigenvalue weighted by Gasteiger charge is 2.44. The van der Waals surface area contributed by atoms with Crippen molar-refractivity contribution in [3.63, 3.8) is 0 Å². The molecular weight excluding hydrogens is 488 g/mol. The van der Waals surface area contributed by atoms with Crippen molar-refractivity contribution in [2.75, 3.05) is 66.0 Å². The first-order valence-electron chi connectivity index (χ1n) is 14.9. The number of fused-ring (bicyclic) bond motifs is 1. The summed E-state index contributed by atoms with van der Waals surface area (Å²) in [6.45, 7) is 9.19. The largest absolute Gasteiger partial charge is 0.350 e. The van der Waals surface area contributed by atoms with Crippen LogP contribution in [0.2, 0.25) is 0 Å². The molecule has 37 heavy (non-hydrogen) atoms. The Hall–Kier alpha value is -0.520. The van der Waals surface area contributed by atoms with Crippen LogP contribution in [-0.4, -0.2) is 122 Å². The zero-order chi connectivity index (χ0) is 26.0. The summed E-state index contributed by atoms with van der Waals surface area (Å²) < 4.78 is 0. The third-order valence-corrected chi connectivity index (χ3v) is 10.6. The quantitative estimate of drug-likeness (QED) is 0.244. The van der Waals surface area contributed by atoms with Crippen molar-refractivity contribution in [3.05, 3.63) is 0 Å². The van der Waals surface area contributed by atoms with Crippen LogP contribution in [0.5, 0.6) is 0 Å². The van der Waals surface area contributed by atoms with Gasteiger partial charge in [-0.2, -0.15) is 0 Å². The van der Waals surface area contributed by atoms with E-state index in [4.69, 9.17) is 23.1 Å². The highest BCUT2D eigenvalue weighted by Crippen LogP contribution is 2.47. The first-order chi connectivity index (χ1) is 17.8. The second-order valence-corrected chi connectivity index (χ2v) is 13.4. The number of hydrogen-bond acceptors (Lipinski definition) is 8. The average molecular weight is 539 g/mol. The SMILES string of the molecule is CN1CCN2CCN(C3CCNCC3NC(=O)C(C(N)N)C3CC4(CCCC4)CCC(Cl)CN3)CC2C1. The number of hydrogen-bond donors (Lipinski definition) is 5. The third kappa shape index (κ3) is 6.62. The number of likely N-dealkylation sites (N-methyl/N-ethyl adjacent to an activating group) is 1. The van der Waals surface area contributed by atoms with Gasteiger partial charge in [0.2, 0.25) is 5.91 Å². The maximum atomic E-state index is 13.9. The van der Waals surface area contributed by atoms with E-state index in [0.717, 1.165) is 78.0 Å². The van der Waals surface area contributed by atoms with E-state index < -0.39 is 12.1 Å². The van der Waals surface area contributed by atoms with Crippen LogP contribution in [0.1, 0.15) is 51.4 Å². The molecular formula is C27H51ClN8O. The molecule has 1 saturated carbocycles. The summed E-state index contributed by atoms with van der Waals surface area (Å²) in [5, 5.41) is 10.7. The molecule has 4 aliphatic heterocycles. The minimum absolute atomic E-state index is 0.00192. The van der Waals surface area contributed by atoms with E-state index in [-0.39, 0.29) is 28.8 Å². The molecule has 6 unspecified atom stereocenters. The van der Waals surface area contributed by atoms with Gasteiger partial charge in [0.1, 0.15) is 0 Å². The van der Waals surface area contributed by atoms with Crippen molar-refractivity contribution in [1.82, 2.24) is 30.7 Å². The number of nitrogens with one attached hydrogen (secondary N) is 3. The summed E-state index contributed by atoms with van der Waals surface area (Å²) in [6, 6.07) is 0.934. The number of amides is 1. The smallest absolute Gasteiger partial charge is 0.227 e. The summed E-state index contributed by atoms with van der Waals surface area (Å²) in [7, 11) is 2.23. The topological polar surface area (TPSA) is 115 Å². The Morgan fingerprint density at radius 1 is 1.03 bits per heavy atom. The Bertz CT molecular complexity index is 765. The van der Waals surface area contributed by atoms with Crippen LogP contribution in [-0.2, 0) is 4.79 Å². The Labute approximate surface area is 228 Å². The van der Waals surface area contributed by atoms with E-state index >= 15 is 0 Å². The second kappa shape index (κ2) is 12.3. The number of carbonyl (C=O) groups excluding carboxylic acids is 1. The highest BCUT2D eigenvalue weighted by atomic mass is 35.5. The van der Waals surface area contributed by atoms with Crippen LogP contribution in [0.15, 0.2) is 0 Å². The summed E-state index contributed by atoms with van der Waals surface area (Å²) in [6.07, 6.45) is 8.46. The van der Waals surface area contributed by atoms with Gasteiger partial charge < -0.3 is 32.3 Å². The van der Waals surface area contributed by atoms with Crippen molar-refractivity contribution in [1.29, 1.82) is 0 Å². The zero-order valence-electron chi connectivity index (χ0n) is 22.8. The van der Waals surface area contributed by atoms with Gasteiger partial charge in [-0.1, -0.05) is 12.8 Å². The van der Waals surface area contributed by atoms with Gasteiger partial charge in [-0.3, -0.25) is 14.6 Å². The van der Waals surface area contributed by atoms with Crippen molar-refractivity contribution in [2.24, 2.45) is 22.8 Å². The second-order valence-electron chi connectivity index (χ2n) is 12.8. The van der Waals surface area contributed by atoms with Gasteiger partial charge in [0.05, 0.1) is 18.1 Å². The van der Waals surface area contributed by atoms with Gasteiger partial charge in [-0.05, 0) is 57.5 Å². The van der Waals surface area contributed by atoms with E-state index in [1.807, 2.05) is 0 Å². The molecule has 0 aromatic rings. The molecule has 10 heteroatoms. The molecule has 1 amide bonds. The van der Waals surface area contributed by atoms with E-state index in [9.17, 15) is 4.79 Å². The molecule has 5 rings (SSSR count). The highest BCUT2D eigenvalue weighted by molar-refractivity contribution is 6.20. The van der Waals surface area contributed by atoms with Crippen molar-refractivity contribution in [3.8, 4) is 0 Å². The fourth-order valence-corrected chi connectivity index (χ4v) is 8.29. The molecule has 5 fully saturated rings. The molecule has 4 saturated heterocycles. The molecule has 0 radical (unpaired) electrons. The van der Waals surface area contributed by atoms with Crippen LogP contribution in [0.3, 0.4) is 0 Å². The van der Waals surface area contributed by atoms with E-state index in [2.05, 4.69) is 37.7 Å². The summed E-state index contributed by atoms with van der Waals surface area (Å²) >= 11 is 6.66. The maximum Gasteiger partial charge on any atom is 0.227 e. The average Bonchev–Trinajstić information content (AvgIpc) is 3.34. The van der Waals surface area contributed by atoms with E-state index in [1.54, 1.807) is 0 Å². The Morgan fingerprint density at radius 3 is 2.57 bits per heavy atom. The van der Waals surface area contributed by atoms with Crippen LogP contribution in [0, 0.1) is 11.3 Å². The van der Waals surface area contributed by atoms with Crippen molar-refractivity contribution < 1.29 is 4.79 Å². The fourth-order valence-electron chi connectivity index (χ4n) is 8.09. The lowest BCUT2D eigenvalue weighted by Gasteiger charge is -2.50. The summed E-state index contributed by atoms with van der Waals surface area (Å²) in [4.78, 5) is 21.7. The Kier molecular flexibility index (Phi) is 9.34. The van der Waals surface area contributed by atoms with Gasteiger partial charge in [-0.15, -0.1) is 11.6 Å². The normalized spacial score (nSPS) is 37.2. The van der Waals surface area contributed by atoms with Gasteiger partial charge in [-0.25, -0.2) is 0 Å². The van der Waals surface area contributed by atoms with Crippen LogP contribution >= 0.6 is 11.6 Å². The molecule has 0 bridgehead atoms. The predicted molar refractivity (Wildman–Crippen MR) is 149 cm³/mol. The van der Waals surface area contributed by atoms with Gasteiger partial charge in [0.25, 0.3) is 0 Å². The third-order valence-electron chi connectivity index (χ3n) is 10.2. The van der Waals surface area contributed by atoms with E-state index in [1.165, 1.54) is 25.7 Å². The molecule has 4 heterocycles. The lowest BCUT2D eigenvalue weighted by Crippen LogP contribution is -2.68. The molecule has 1 aliphatic carbocycles. The molecule has 0 aromatic carbocycles. The Morgan fingerprint density at radius 2 is 1.78 bits per heavy atom. The predicted octanol–water partition coefficient (Wildman–Crippen LogP) is -0.0657. The van der Waals surface area contributed by atoms with E-state index in [0.29, 0.717) is 18.6 Å². The lowest BCUT2D eigenvalue weighted by molar-refractivity contribution is -0.128. The molecule has 1 spiro atoms. The molecule has 7 N–H and O–H groups in total. The summed E-state index contributed by atoms with van der Waals surface area (Å²) in [5.74, 6) is -0.465. The number of alkyl halides is 1. The molecule has 5 aliphatic rings. The van der Waals surface area contributed by atoms with Gasteiger partial charge in [0.15, 0.2) is 0 Å². The molecule has 0 aromatic heterocycles. The molecule has 212 valence electrons. The van der Waals surface area contributed by atoms with Gasteiger partial charge in [0, 0.05) is 75.9 Å². The number of piperidine rings is 1. The molecule has 6 atom stereocenters. The Balaban J connectivity index is 1.27. The van der Waals surface area contributed by atoms with Crippen LogP contribution in [0.4, 0.5) is 0 Å². The minimum atomic E-state index is -0.708. The number of rotatable bonds is 5. The number of piperazine rings is 2. The fraction of sp³-hybridized carbons (Fsp3) is 0.963. The monoisotopic (exact) mass is 538 g/mol. The number of nitrogens with zero attached hydrogens (tertiary/aromatic N) is 3. The van der Waals surface area contributed by atoms with Crippen molar-refractivity contribution in [2.45, 2.75) is 87.1 Å². The standard InChI is InChI=1S/C27H51ClN8O/c1-34-10-11-35-12-13-36(18-20(35)17-34)23-5-9-31-16-22(23)33-26(37)24(25(29)30)21-14-27(6-2-3-7-27)8-4-19(28)15-32-21/h19-25,31-32H,2-18,29-30H2,1H3,(H,33,37). The zero-order valence-corrected chi connectivity index (χ0v) is 23.6. The number of nitrogens with two attached hydrogens (primary N) is 2. The first kappa shape index (κ1) is 28.0.